The van der Waals surface area contributed by atoms with Gasteiger partial charge in [0.25, 0.3) is 0 Å². The number of guanidine groups is 1. The molecule has 2 heterocycles. The molecule has 1 aliphatic heterocycles. The summed E-state index contributed by atoms with van der Waals surface area (Å²) in [6, 6.07) is 1.04. The van der Waals surface area contributed by atoms with Crippen LogP contribution in [0, 0.1) is 19.8 Å². The first kappa shape index (κ1) is 17.8. The van der Waals surface area contributed by atoms with E-state index >= 15 is 0 Å². The average molecular weight is 320 g/mol. The fourth-order valence-corrected chi connectivity index (χ4v) is 3.23. The molecule has 1 saturated heterocycles. The zero-order valence-electron chi connectivity index (χ0n) is 15.6. The molecule has 130 valence electrons. The number of hydrogen-bond acceptors (Lipinski definition) is 3. The Morgan fingerprint density at radius 2 is 2.04 bits per heavy atom. The average Bonchev–Trinajstić information content (AvgIpc) is 2.97. The maximum Gasteiger partial charge on any atom is 0.191 e. The van der Waals surface area contributed by atoms with Gasteiger partial charge < -0.3 is 10.6 Å². The topological polar surface area (TPSA) is 57.5 Å². The van der Waals surface area contributed by atoms with Crippen molar-refractivity contribution >= 4 is 5.96 Å². The highest BCUT2D eigenvalue weighted by Gasteiger charge is 2.31. The quantitative estimate of drug-likeness (QED) is 0.651. The molecule has 0 radical (unpaired) electrons. The number of nitrogens with zero attached hydrogens (tertiary/aromatic N) is 4. The number of nitrogens with one attached hydrogen (secondary N) is 2. The van der Waals surface area contributed by atoms with Crippen LogP contribution in [0.5, 0.6) is 0 Å². The summed E-state index contributed by atoms with van der Waals surface area (Å²) < 4.78 is 1.93. The monoisotopic (exact) mass is 320 g/mol. The van der Waals surface area contributed by atoms with Gasteiger partial charge >= 0.3 is 0 Å². The molecular weight excluding hydrogens is 288 g/mol. The third kappa shape index (κ3) is 4.05. The fourth-order valence-electron chi connectivity index (χ4n) is 3.23. The van der Waals surface area contributed by atoms with Crippen LogP contribution < -0.4 is 10.6 Å². The Balaban J connectivity index is 1.94. The van der Waals surface area contributed by atoms with Crippen molar-refractivity contribution in [1.29, 1.82) is 0 Å². The third-order valence-electron chi connectivity index (χ3n) is 5.01. The predicted octanol–water partition coefficient (Wildman–Crippen LogP) is 1.43. The second kappa shape index (κ2) is 7.34. The van der Waals surface area contributed by atoms with E-state index in [1.165, 1.54) is 11.3 Å². The second-order valence-corrected chi connectivity index (χ2v) is 6.97. The number of aliphatic imine (C=N–C) groups is 1. The third-order valence-corrected chi connectivity index (χ3v) is 5.01. The summed E-state index contributed by atoms with van der Waals surface area (Å²) in [5.41, 5.74) is 3.53. The van der Waals surface area contributed by atoms with Crippen molar-refractivity contribution in [3.8, 4) is 0 Å². The molecule has 1 aliphatic rings. The van der Waals surface area contributed by atoms with Crippen molar-refractivity contribution in [2.24, 2.45) is 18.0 Å². The molecule has 2 unspecified atom stereocenters. The molecule has 2 N–H and O–H groups in total. The van der Waals surface area contributed by atoms with Gasteiger partial charge in [-0.25, -0.2) is 0 Å². The standard InChI is InChI=1S/C17H32N6/c1-11(2)23-9-12(3)16(10-23)20-17(18-6)19-8-15-13(4)21-22(7)14(15)5/h11-12,16H,8-10H2,1-7H3,(H2,18,19,20). The summed E-state index contributed by atoms with van der Waals surface area (Å²) in [6.45, 7) is 14.0. The highest BCUT2D eigenvalue weighted by atomic mass is 15.3. The van der Waals surface area contributed by atoms with Crippen LogP contribution in [0.1, 0.15) is 37.7 Å². The Kier molecular flexibility index (Phi) is 5.68. The van der Waals surface area contributed by atoms with Crippen molar-refractivity contribution in [2.75, 3.05) is 20.1 Å². The zero-order chi connectivity index (χ0) is 17.1. The summed E-state index contributed by atoms with van der Waals surface area (Å²) in [4.78, 5) is 6.90. The Hall–Kier alpha value is -1.56. The van der Waals surface area contributed by atoms with Crippen molar-refractivity contribution in [1.82, 2.24) is 25.3 Å². The molecule has 6 nitrogen and oxygen atoms in total. The van der Waals surface area contributed by atoms with Crippen LogP contribution >= 0.6 is 0 Å². The highest BCUT2D eigenvalue weighted by Crippen LogP contribution is 2.18. The number of aromatic nitrogens is 2. The van der Waals surface area contributed by atoms with E-state index in [0.29, 0.717) is 18.0 Å². The molecule has 2 atom stereocenters. The molecule has 2 rings (SSSR count). The first-order valence-electron chi connectivity index (χ1n) is 8.53. The SMILES string of the molecule is CN=C(NCc1c(C)nn(C)c1C)NC1CN(C(C)C)CC1C. The van der Waals surface area contributed by atoms with Gasteiger partial charge in [0, 0.05) is 57.1 Å². The molecule has 23 heavy (non-hydrogen) atoms. The van der Waals surface area contributed by atoms with Crippen molar-refractivity contribution in [3.05, 3.63) is 17.0 Å². The smallest absolute Gasteiger partial charge is 0.191 e. The minimum Gasteiger partial charge on any atom is -0.352 e. The summed E-state index contributed by atoms with van der Waals surface area (Å²) in [7, 11) is 3.82. The number of aryl methyl sites for hydroxylation is 2. The van der Waals surface area contributed by atoms with E-state index in [9.17, 15) is 0 Å². The first-order chi connectivity index (χ1) is 10.8. The molecule has 1 aromatic heterocycles. The number of hydrogen-bond donors (Lipinski definition) is 2. The molecule has 6 heteroatoms. The number of likely N-dealkylation sites (tertiary alicyclic amines) is 1. The Bertz CT molecular complexity index is 560. The lowest BCUT2D eigenvalue weighted by Gasteiger charge is -2.22. The molecular formula is C17H32N6. The first-order valence-corrected chi connectivity index (χ1v) is 8.53. The molecule has 0 amide bonds. The van der Waals surface area contributed by atoms with Gasteiger partial charge in [0.05, 0.1) is 5.69 Å². The van der Waals surface area contributed by atoms with E-state index in [0.717, 1.165) is 31.3 Å². The highest BCUT2D eigenvalue weighted by molar-refractivity contribution is 5.80. The van der Waals surface area contributed by atoms with E-state index in [-0.39, 0.29) is 0 Å². The summed E-state index contributed by atoms with van der Waals surface area (Å²) >= 11 is 0. The molecule has 0 spiro atoms. The van der Waals surface area contributed by atoms with Crippen LogP contribution in [0.3, 0.4) is 0 Å². The van der Waals surface area contributed by atoms with Crippen molar-refractivity contribution < 1.29 is 0 Å². The van der Waals surface area contributed by atoms with Crippen molar-refractivity contribution in [2.45, 2.75) is 53.2 Å². The Morgan fingerprint density at radius 1 is 1.35 bits per heavy atom. The lowest BCUT2D eigenvalue weighted by molar-refractivity contribution is 0.265. The van der Waals surface area contributed by atoms with E-state index in [2.05, 4.69) is 60.2 Å². The minimum atomic E-state index is 0.444. The lowest BCUT2D eigenvalue weighted by atomic mass is 10.1. The van der Waals surface area contributed by atoms with Gasteiger partial charge in [-0.05, 0) is 33.6 Å². The van der Waals surface area contributed by atoms with Gasteiger partial charge in [-0.15, -0.1) is 0 Å². The van der Waals surface area contributed by atoms with E-state index in [1.807, 2.05) is 18.8 Å². The van der Waals surface area contributed by atoms with Gasteiger partial charge in [0.15, 0.2) is 5.96 Å². The van der Waals surface area contributed by atoms with E-state index < -0.39 is 0 Å². The summed E-state index contributed by atoms with van der Waals surface area (Å²) in [6.07, 6.45) is 0. The Labute approximate surface area is 140 Å². The van der Waals surface area contributed by atoms with Crippen LogP contribution in [-0.2, 0) is 13.6 Å². The van der Waals surface area contributed by atoms with E-state index in [1.54, 1.807) is 0 Å². The fraction of sp³-hybridized carbons (Fsp3) is 0.765. The maximum atomic E-state index is 4.47. The molecule has 0 bridgehead atoms. The van der Waals surface area contributed by atoms with Crippen LogP contribution in [-0.4, -0.2) is 52.9 Å². The molecule has 0 aromatic carbocycles. The lowest BCUT2D eigenvalue weighted by Crippen LogP contribution is -2.46. The summed E-state index contributed by atoms with van der Waals surface area (Å²) in [5, 5.41) is 11.5. The second-order valence-electron chi connectivity index (χ2n) is 6.97. The van der Waals surface area contributed by atoms with Gasteiger partial charge in [-0.1, -0.05) is 6.92 Å². The van der Waals surface area contributed by atoms with Crippen LogP contribution in [0.25, 0.3) is 0 Å². The predicted molar refractivity (Wildman–Crippen MR) is 95.7 cm³/mol. The van der Waals surface area contributed by atoms with Gasteiger partial charge in [-0.2, -0.15) is 5.10 Å². The van der Waals surface area contributed by atoms with Crippen LogP contribution in [0.2, 0.25) is 0 Å². The molecule has 0 saturated carbocycles. The summed E-state index contributed by atoms with van der Waals surface area (Å²) in [5.74, 6) is 1.49. The van der Waals surface area contributed by atoms with Gasteiger partial charge in [0.2, 0.25) is 0 Å². The molecule has 0 aliphatic carbocycles. The number of rotatable bonds is 4. The van der Waals surface area contributed by atoms with Gasteiger partial charge in [-0.3, -0.25) is 14.6 Å². The van der Waals surface area contributed by atoms with Crippen LogP contribution in [0.4, 0.5) is 0 Å². The van der Waals surface area contributed by atoms with Crippen LogP contribution in [0.15, 0.2) is 4.99 Å². The zero-order valence-corrected chi connectivity index (χ0v) is 15.6. The molecule has 1 fully saturated rings. The van der Waals surface area contributed by atoms with E-state index in [4.69, 9.17) is 0 Å². The largest absolute Gasteiger partial charge is 0.352 e. The van der Waals surface area contributed by atoms with Gasteiger partial charge in [0.1, 0.15) is 0 Å². The minimum absolute atomic E-state index is 0.444. The maximum absolute atomic E-state index is 4.47. The van der Waals surface area contributed by atoms with Crippen molar-refractivity contribution in [3.63, 3.8) is 0 Å². The molecule has 1 aromatic rings. The Morgan fingerprint density at radius 3 is 2.52 bits per heavy atom. The normalized spacial score (nSPS) is 22.9.